The Balaban J connectivity index is 1.93. The molecule has 1 atom stereocenters. The van der Waals surface area contributed by atoms with Crippen molar-refractivity contribution in [3.05, 3.63) is 42.0 Å². The van der Waals surface area contributed by atoms with E-state index < -0.39 is 6.04 Å². The molecule has 2 N–H and O–H groups in total. The molecule has 0 unspecified atom stereocenters. The van der Waals surface area contributed by atoms with Crippen LogP contribution in [0, 0.1) is 0 Å². The Morgan fingerprint density at radius 2 is 2.04 bits per heavy atom. The molecule has 1 fully saturated rings. The van der Waals surface area contributed by atoms with Crippen LogP contribution in [0.4, 0.5) is 0 Å². The second kappa shape index (κ2) is 6.28. The fraction of sp³-hybridized carbons (Fsp3) is 0.333. The van der Waals surface area contributed by atoms with Gasteiger partial charge in [-0.2, -0.15) is 0 Å². The van der Waals surface area contributed by atoms with Gasteiger partial charge in [-0.3, -0.25) is 9.59 Å². The van der Waals surface area contributed by atoms with E-state index in [-0.39, 0.29) is 23.1 Å². The van der Waals surface area contributed by atoms with Crippen molar-refractivity contribution in [2.24, 2.45) is 0 Å². The maximum atomic E-state index is 12.8. The summed E-state index contributed by atoms with van der Waals surface area (Å²) >= 11 is 0. The van der Waals surface area contributed by atoms with Crippen molar-refractivity contribution in [2.45, 2.75) is 25.8 Å². The van der Waals surface area contributed by atoms with Crippen LogP contribution in [-0.4, -0.2) is 41.0 Å². The molecular formula is C18H20N2O3. The van der Waals surface area contributed by atoms with Gasteiger partial charge in [-0.25, -0.2) is 0 Å². The van der Waals surface area contributed by atoms with Crippen molar-refractivity contribution in [3.63, 3.8) is 0 Å². The zero-order chi connectivity index (χ0) is 16.4. The highest BCUT2D eigenvalue weighted by Crippen LogP contribution is 2.31. The molecule has 5 heteroatoms. The molecule has 1 heterocycles. The summed E-state index contributed by atoms with van der Waals surface area (Å²) in [5.74, 6) is -0.435. The highest BCUT2D eigenvalue weighted by atomic mass is 16.3. The van der Waals surface area contributed by atoms with E-state index >= 15 is 0 Å². The van der Waals surface area contributed by atoms with Gasteiger partial charge in [0.05, 0.1) is 5.56 Å². The van der Waals surface area contributed by atoms with E-state index in [1.54, 1.807) is 17.0 Å². The zero-order valence-corrected chi connectivity index (χ0v) is 13.1. The van der Waals surface area contributed by atoms with E-state index in [0.717, 1.165) is 11.8 Å². The summed E-state index contributed by atoms with van der Waals surface area (Å²) in [6.45, 7) is 2.93. The molecule has 0 saturated carbocycles. The molecule has 1 aliphatic heterocycles. The van der Waals surface area contributed by atoms with Gasteiger partial charge in [0, 0.05) is 18.5 Å². The topological polar surface area (TPSA) is 69.6 Å². The molecule has 1 saturated heterocycles. The first-order valence-corrected chi connectivity index (χ1v) is 7.93. The van der Waals surface area contributed by atoms with Crippen LogP contribution in [0.1, 0.15) is 30.1 Å². The summed E-state index contributed by atoms with van der Waals surface area (Å²) in [6, 6.07) is 10.4. The molecule has 2 aromatic carbocycles. The minimum atomic E-state index is -0.451. The smallest absolute Gasteiger partial charge is 0.258 e. The molecule has 1 aliphatic rings. The molecule has 0 spiro atoms. The Morgan fingerprint density at radius 1 is 1.26 bits per heavy atom. The van der Waals surface area contributed by atoms with Gasteiger partial charge in [0.2, 0.25) is 5.91 Å². The number of phenolic OH excluding ortho intramolecular Hbond substituents is 1. The van der Waals surface area contributed by atoms with Crippen LogP contribution >= 0.6 is 0 Å². The van der Waals surface area contributed by atoms with Gasteiger partial charge in [0.1, 0.15) is 11.8 Å². The molecular weight excluding hydrogens is 292 g/mol. The molecule has 5 nitrogen and oxygen atoms in total. The fourth-order valence-corrected chi connectivity index (χ4v) is 3.16. The summed E-state index contributed by atoms with van der Waals surface area (Å²) < 4.78 is 0. The molecule has 2 amide bonds. The summed E-state index contributed by atoms with van der Waals surface area (Å²) in [7, 11) is 0. The second-order valence-electron chi connectivity index (χ2n) is 5.73. The number of aromatic hydroxyl groups is 1. The largest absolute Gasteiger partial charge is 0.506 e. The minimum Gasteiger partial charge on any atom is -0.506 e. The van der Waals surface area contributed by atoms with E-state index in [1.165, 1.54) is 0 Å². The Hall–Kier alpha value is -2.56. The van der Waals surface area contributed by atoms with Gasteiger partial charge < -0.3 is 15.3 Å². The molecule has 0 aliphatic carbocycles. The number of hydrogen-bond acceptors (Lipinski definition) is 3. The number of fused-ring (bicyclic) bond motifs is 1. The lowest BCUT2D eigenvalue weighted by Crippen LogP contribution is -2.45. The summed E-state index contributed by atoms with van der Waals surface area (Å²) in [5, 5.41) is 14.8. The van der Waals surface area contributed by atoms with Crippen molar-refractivity contribution in [1.82, 2.24) is 10.2 Å². The van der Waals surface area contributed by atoms with Crippen LogP contribution in [0.3, 0.4) is 0 Å². The number of hydrogen-bond donors (Lipinski definition) is 2. The molecule has 120 valence electrons. The van der Waals surface area contributed by atoms with Crippen LogP contribution in [0.25, 0.3) is 10.8 Å². The van der Waals surface area contributed by atoms with Gasteiger partial charge in [-0.1, -0.05) is 30.3 Å². The minimum absolute atomic E-state index is 0.0188. The number of likely N-dealkylation sites (N-methyl/N-ethyl adjacent to an activating group) is 1. The number of nitrogens with one attached hydrogen (secondary N) is 1. The van der Waals surface area contributed by atoms with Crippen molar-refractivity contribution >= 4 is 22.6 Å². The number of carbonyl (C=O) groups is 2. The molecule has 0 bridgehead atoms. The van der Waals surface area contributed by atoms with Crippen LogP contribution in [0.15, 0.2) is 36.4 Å². The average molecular weight is 312 g/mol. The monoisotopic (exact) mass is 312 g/mol. The van der Waals surface area contributed by atoms with E-state index in [4.69, 9.17) is 0 Å². The SMILES string of the molecule is CCNC(=O)[C@@H]1CCCN1C(=O)c1ccc2ccccc2c1O. The maximum Gasteiger partial charge on any atom is 0.258 e. The van der Waals surface area contributed by atoms with Gasteiger partial charge >= 0.3 is 0 Å². The van der Waals surface area contributed by atoms with Crippen LogP contribution in [0.2, 0.25) is 0 Å². The molecule has 0 aromatic heterocycles. The standard InChI is InChI=1S/C18H20N2O3/c1-2-19-17(22)15-8-5-11-20(15)18(23)14-10-9-12-6-3-4-7-13(12)16(14)21/h3-4,6-7,9-10,15,21H,2,5,8,11H2,1H3,(H,19,22)/t15-/m0/s1. The van der Waals surface area contributed by atoms with Gasteiger partial charge in [0.25, 0.3) is 5.91 Å². The van der Waals surface area contributed by atoms with Gasteiger partial charge in [-0.15, -0.1) is 0 Å². The van der Waals surface area contributed by atoms with E-state index in [0.29, 0.717) is 24.9 Å². The molecule has 23 heavy (non-hydrogen) atoms. The number of amides is 2. The predicted octanol–water partition coefficient (Wildman–Crippen LogP) is 2.29. The average Bonchev–Trinajstić information content (AvgIpc) is 3.05. The summed E-state index contributed by atoms with van der Waals surface area (Å²) in [5.41, 5.74) is 0.250. The van der Waals surface area contributed by atoms with Crippen molar-refractivity contribution in [1.29, 1.82) is 0 Å². The number of benzene rings is 2. The first-order chi connectivity index (χ1) is 11.1. The predicted molar refractivity (Wildman–Crippen MR) is 88.4 cm³/mol. The lowest BCUT2D eigenvalue weighted by molar-refractivity contribution is -0.124. The molecule has 3 rings (SSSR count). The lowest BCUT2D eigenvalue weighted by Gasteiger charge is -2.24. The number of likely N-dealkylation sites (tertiary alicyclic amines) is 1. The highest BCUT2D eigenvalue weighted by molar-refractivity contribution is 6.05. The first-order valence-electron chi connectivity index (χ1n) is 7.93. The number of phenols is 1. The third-order valence-corrected chi connectivity index (χ3v) is 4.30. The number of nitrogens with zero attached hydrogens (tertiary/aromatic N) is 1. The third-order valence-electron chi connectivity index (χ3n) is 4.30. The number of rotatable bonds is 3. The maximum absolute atomic E-state index is 12.8. The van der Waals surface area contributed by atoms with E-state index in [1.807, 2.05) is 31.2 Å². The van der Waals surface area contributed by atoms with Crippen LogP contribution < -0.4 is 5.32 Å². The van der Waals surface area contributed by atoms with Crippen LogP contribution in [-0.2, 0) is 4.79 Å². The van der Waals surface area contributed by atoms with Crippen molar-refractivity contribution in [2.75, 3.05) is 13.1 Å². The second-order valence-corrected chi connectivity index (χ2v) is 5.73. The highest BCUT2D eigenvalue weighted by Gasteiger charge is 2.35. The summed E-state index contributed by atoms with van der Waals surface area (Å²) in [6.07, 6.45) is 1.45. The third kappa shape index (κ3) is 2.74. The zero-order valence-electron chi connectivity index (χ0n) is 13.1. The Morgan fingerprint density at radius 3 is 2.83 bits per heavy atom. The normalized spacial score (nSPS) is 17.4. The van der Waals surface area contributed by atoms with Crippen molar-refractivity contribution < 1.29 is 14.7 Å². The van der Waals surface area contributed by atoms with E-state index in [2.05, 4.69) is 5.32 Å². The quantitative estimate of drug-likeness (QED) is 0.913. The summed E-state index contributed by atoms with van der Waals surface area (Å²) in [4.78, 5) is 26.5. The Bertz CT molecular complexity index is 757. The molecule has 0 radical (unpaired) electrons. The number of carbonyl (C=O) groups excluding carboxylic acids is 2. The lowest BCUT2D eigenvalue weighted by atomic mass is 10.0. The van der Waals surface area contributed by atoms with Crippen molar-refractivity contribution in [3.8, 4) is 5.75 Å². The fourth-order valence-electron chi connectivity index (χ4n) is 3.16. The Labute approximate surface area is 134 Å². The first kappa shape index (κ1) is 15.3. The van der Waals surface area contributed by atoms with E-state index in [9.17, 15) is 14.7 Å². The molecule has 2 aromatic rings. The van der Waals surface area contributed by atoms with Gasteiger partial charge in [0.15, 0.2) is 0 Å². The van der Waals surface area contributed by atoms with Gasteiger partial charge in [-0.05, 0) is 31.2 Å². The Kier molecular flexibility index (Phi) is 4.19. The van der Waals surface area contributed by atoms with Crippen LogP contribution in [0.5, 0.6) is 5.75 Å².